The van der Waals surface area contributed by atoms with E-state index >= 15 is 0 Å². The Hall–Kier alpha value is -2.69. The van der Waals surface area contributed by atoms with E-state index in [4.69, 9.17) is 0 Å². The molecule has 0 radical (unpaired) electrons. The molecule has 1 saturated heterocycles. The van der Waals surface area contributed by atoms with Crippen LogP contribution in [0, 0.1) is 17.1 Å². The predicted molar refractivity (Wildman–Crippen MR) is 100 cm³/mol. The van der Waals surface area contributed by atoms with E-state index in [-0.39, 0.29) is 5.56 Å². The van der Waals surface area contributed by atoms with E-state index in [9.17, 15) is 9.65 Å². The Bertz CT molecular complexity index is 920. The summed E-state index contributed by atoms with van der Waals surface area (Å²) in [4.78, 5) is 4.39. The van der Waals surface area contributed by atoms with Crippen molar-refractivity contribution >= 4 is 17.0 Å². The van der Waals surface area contributed by atoms with Gasteiger partial charge in [-0.2, -0.15) is 21.7 Å². The fraction of sp³-hybridized carbons (Fsp3) is 0.263. The first-order valence-electron chi connectivity index (χ1n) is 8.46. The van der Waals surface area contributed by atoms with Crippen molar-refractivity contribution in [2.75, 3.05) is 31.1 Å². The highest BCUT2D eigenvalue weighted by Crippen LogP contribution is 2.24. The topological polar surface area (TPSA) is 48.1 Å². The van der Waals surface area contributed by atoms with Gasteiger partial charge in [0.05, 0.1) is 18.1 Å². The van der Waals surface area contributed by atoms with E-state index in [0.29, 0.717) is 5.69 Å². The number of thiophene rings is 1. The quantitative estimate of drug-likeness (QED) is 0.709. The molecule has 0 aliphatic carbocycles. The van der Waals surface area contributed by atoms with Crippen LogP contribution in [-0.4, -0.2) is 40.9 Å². The van der Waals surface area contributed by atoms with Gasteiger partial charge in [-0.3, -0.25) is 9.58 Å². The van der Waals surface area contributed by atoms with E-state index in [1.54, 1.807) is 17.4 Å². The molecule has 26 heavy (non-hydrogen) atoms. The number of halogens is 1. The zero-order valence-corrected chi connectivity index (χ0v) is 15.0. The molecule has 132 valence electrons. The molecule has 0 bridgehead atoms. The van der Waals surface area contributed by atoms with Crippen molar-refractivity contribution in [3.63, 3.8) is 0 Å². The fourth-order valence-electron chi connectivity index (χ4n) is 3.23. The molecule has 0 unspecified atom stereocenters. The van der Waals surface area contributed by atoms with Gasteiger partial charge in [-0.15, -0.1) is 0 Å². The third-order valence-corrected chi connectivity index (χ3v) is 5.30. The largest absolute Gasteiger partial charge is 0.368 e. The van der Waals surface area contributed by atoms with Crippen LogP contribution in [0.4, 0.5) is 10.1 Å². The Morgan fingerprint density at radius 3 is 2.73 bits per heavy atom. The van der Waals surface area contributed by atoms with Gasteiger partial charge >= 0.3 is 0 Å². The highest BCUT2D eigenvalue weighted by molar-refractivity contribution is 7.08. The van der Waals surface area contributed by atoms with Crippen molar-refractivity contribution in [1.82, 2.24) is 14.7 Å². The number of piperazine rings is 1. The molecule has 5 nitrogen and oxygen atoms in total. The normalized spacial score (nSPS) is 15.2. The van der Waals surface area contributed by atoms with Crippen LogP contribution in [0.15, 0.2) is 47.3 Å². The van der Waals surface area contributed by atoms with Gasteiger partial charge in [-0.1, -0.05) is 6.07 Å². The summed E-state index contributed by atoms with van der Waals surface area (Å²) in [7, 11) is 0. The zero-order chi connectivity index (χ0) is 17.9. The molecule has 1 aromatic carbocycles. The highest BCUT2D eigenvalue weighted by atomic mass is 32.1. The van der Waals surface area contributed by atoms with Crippen molar-refractivity contribution in [3.05, 3.63) is 58.7 Å². The van der Waals surface area contributed by atoms with Crippen LogP contribution in [0.5, 0.6) is 0 Å². The molecule has 7 heteroatoms. The van der Waals surface area contributed by atoms with Gasteiger partial charge in [0, 0.05) is 43.3 Å². The second-order valence-corrected chi connectivity index (χ2v) is 7.02. The zero-order valence-electron chi connectivity index (χ0n) is 14.2. The number of rotatable bonds is 4. The predicted octanol–water partition coefficient (Wildman–Crippen LogP) is 3.40. The third-order valence-electron chi connectivity index (χ3n) is 4.62. The van der Waals surface area contributed by atoms with Gasteiger partial charge in [0.25, 0.3) is 0 Å². The standard InChI is InChI=1S/C19H18FN5S/c20-17-2-1-3-19(16(17)12-21)24-9-7-23(8-10-24)14-25-6-4-18(22-25)15-5-11-26-13-15/h1-6,11,13H,7-10,14H2. The van der Waals surface area contributed by atoms with E-state index in [1.807, 2.05) is 29.1 Å². The maximum absolute atomic E-state index is 13.8. The molecule has 1 aliphatic heterocycles. The Labute approximate surface area is 155 Å². The van der Waals surface area contributed by atoms with Crippen molar-refractivity contribution < 1.29 is 4.39 Å². The van der Waals surface area contributed by atoms with Crippen LogP contribution >= 0.6 is 11.3 Å². The minimum absolute atomic E-state index is 0.133. The summed E-state index contributed by atoms with van der Waals surface area (Å²) < 4.78 is 15.8. The second-order valence-electron chi connectivity index (χ2n) is 6.24. The van der Waals surface area contributed by atoms with Gasteiger partial charge in [-0.25, -0.2) is 4.39 Å². The lowest BCUT2D eigenvalue weighted by Gasteiger charge is -2.36. The summed E-state index contributed by atoms with van der Waals surface area (Å²) in [6.45, 7) is 3.93. The van der Waals surface area contributed by atoms with Crippen molar-refractivity contribution in [3.8, 4) is 17.3 Å². The van der Waals surface area contributed by atoms with Crippen LogP contribution in [0.2, 0.25) is 0 Å². The van der Waals surface area contributed by atoms with E-state index in [2.05, 4.69) is 31.7 Å². The van der Waals surface area contributed by atoms with Gasteiger partial charge < -0.3 is 4.90 Å². The average molecular weight is 367 g/mol. The van der Waals surface area contributed by atoms with E-state index < -0.39 is 5.82 Å². The Kier molecular flexibility index (Phi) is 4.69. The molecule has 1 fully saturated rings. The van der Waals surface area contributed by atoms with Crippen LogP contribution in [-0.2, 0) is 6.67 Å². The summed E-state index contributed by atoms with van der Waals surface area (Å²) in [5.74, 6) is -0.454. The SMILES string of the molecule is N#Cc1c(F)cccc1N1CCN(Cn2ccc(-c3ccsc3)n2)CC1. The van der Waals surface area contributed by atoms with Crippen LogP contribution in [0.3, 0.4) is 0 Å². The Balaban J connectivity index is 1.39. The minimum Gasteiger partial charge on any atom is -0.368 e. The maximum Gasteiger partial charge on any atom is 0.143 e. The minimum atomic E-state index is -0.454. The summed E-state index contributed by atoms with van der Waals surface area (Å²) in [5.41, 5.74) is 2.96. The first kappa shape index (κ1) is 16.8. The summed E-state index contributed by atoms with van der Waals surface area (Å²) in [6, 6.07) is 10.9. The van der Waals surface area contributed by atoms with Crippen LogP contribution in [0.1, 0.15) is 5.56 Å². The number of aromatic nitrogens is 2. The number of benzene rings is 1. The van der Waals surface area contributed by atoms with Crippen LogP contribution < -0.4 is 4.90 Å². The van der Waals surface area contributed by atoms with Gasteiger partial charge in [-0.05, 0) is 29.6 Å². The van der Waals surface area contributed by atoms with Crippen molar-refractivity contribution in [1.29, 1.82) is 5.26 Å². The first-order valence-corrected chi connectivity index (χ1v) is 9.41. The molecule has 4 rings (SSSR count). The molecule has 0 saturated carbocycles. The molecule has 0 N–H and O–H groups in total. The van der Waals surface area contributed by atoms with Crippen LogP contribution in [0.25, 0.3) is 11.3 Å². The molecule has 2 aromatic heterocycles. The Morgan fingerprint density at radius 2 is 2.00 bits per heavy atom. The average Bonchev–Trinajstić information content (AvgIpc) is 3.34. The lowest BCUT2D eigenvalue weighted by Crippen LogP contribution is -2.47. The lowest BCUT2D eigenvalue weighted by molar-refractivity contribution is 0.196. The smallest absolute Gasteiger partial charge is 0.143 e. The lowest BCUT2D eigenvalue weighted by atomic mass is 10.1. The van der Waals surface area contributed by atoms with E-state index in [1.165, 1.54) is 6.07 Å². The summed E-state index contributed by atoms with van der Waals surface area (Å²) in [5, 5.41) is 18.0. The van der Waals surface area contributed by atoms with Gasteiger partial charge in [0.15, 0.2) is 0 Å². The van der Waals surface area contributed by atoms with Gasteiger partial charge in [0.1, 0.15) is 17.4 Å². The highest BCUT2D eigenvalue weighted by Gasteiger charge is 2.21. The Morgan fingerprint density at radius 1 is 1.15 bits per heavy atom. The summed E-state index contributed by atoms with van der Waals surface area (Å²) in [6.07, 6.45) is 2.00. The summed E-state index contributed by atoms with van der Waals surface area (Å²) >= 11 is 1.67. The van der Waals surface area contributed by atoms with E-state index in [0.717, 1.165) is 44.1 Å². The number of nitriles is 1. The maximum atomic E-state index is 13.8. The molecular formula is C19H18FN5S. The number of hydrogen-bond acceptors (Lipinski definition) is 5. The molecule has 0 amide bonds. The number of hydrogen-bond donors (Lipinski definition) is 0. The molecule has 3 heterocycles. The first-order chi connectivity index (χ1) is 12.7. The molecule has 0 spiro atoms. The molecule has 1 aliphatic rings. The van der Waals surface area contributed by atoms with Gasteiger partial charge in [0.2, 0.25) is 0 Å². The third kappa shape index (κ3) is 3.34. The second kappa shape index (κ2) is 7.28. The fourth-order valence-corrected chi connectivity index (χ4v) is 3.88. The number of nitrogens with zero attached hydrogens (tertiary/aromatic N) is 5. The monoisotopic (exact) mass is 367 g/mol. The molecule has 3 aromatic rings. The molecule has 0 atom stereocenters. The van der Waals surface area contributed by atoms with Crippen molar-refractivity contribution in [2.24, 2.45) is 0 Å². The molecular weight excluding hydrogens is 349 g/mol. The van der Waals surface area contributed by atoms with Crippen molar-refractivity contribution in [2.45, 2.75) is 6.67 Å². The number of anilines is 1.